The zero-order valence-electron chi connectivity index (χ0n) is 8.14. The van der Waals surface area contributed by atoms with Gasteiger partial charge >= 0.3 is 17.9 Å². The van der Waals surface area contributed by atoms with Crippen molar-refractivity contribution in [1.82, 2.24) is 0 Å². The Hall–Kier alpha value is -1.65. The van der Waals surface area contributed by atoms with Crippen molar-refractivity contribution >= 4 is 17.9 Å². The Labute approximate surface area is 86.0 Å². The molecule has 15 heavy (non-hydrogen) atoms. The second-order valence-corrected chi connectivity index (χ2v) is 3.61. The van der Waals surface area contributed by atoms with E-state index in [9.17, 15) is 14.4 Å². The van der Waals surface area contributed by atoms with Crippen LogP contribution in [0.1, 0.15) is 13.3 Å². The van der Waals surface area contributed by atoms with Crippen LogP contribution in [0.3, 0.4) is 0 Å². The fraction of sp³-hybridized carbons (Fsp3) is 0.500. The van der Waals surface area contributed by atoms with E-state index < -0.39 is 35.8 Å². The van der Waals surface area contributed by atoms with Crippen molar-refractivity contribution in [2.75, 3.05) is 0 Å². The number of allylic oxidation sites excluding steroid dienone is 1. The molecule has 0 saturated carbocycles. The van der Waals surface area contributed by atoms with E-state index in [1.54, 1.807) is 12.2 Å². The van der Waals surface area contributed by atoms with Crippen molar-refractivity contribution in [3.05, 3.63) is 12.2 Å². The van der Waals surface area contributed by atoms with Crippen molar-refractivity contribution in [3.63, 3.8) is 0 Å². The predicted octanol–water partition coefficient (Wildman–Crippen LogP) is 0.194. The molecule has 0 aromatic rings. The highest BCUT2D eigenvalue weighted by Gasteiger charge is 2.50. The van der Waals surface area contributed by atoms with E-state index in [4.69, 9.17) is 4.74 Å². The molecule has 1 saturated heterocycles. The second kappa shape index (κ2) is 3.49. The van der Waals surface area contributed by atoms with Crippen LogP contribution in [0.5, 0.6) is 0 Å². The largest absolute Gasteiger partial charge is 0.457 e. The number of carbonyl (C=O) groups is 3. The van der Waals surface area contributed by atoms with Crippen LogP contribution >= 0.6 is 0 Å². The molecular formula is C10H10O5. The highest BCUT2D eigenvalue weighted by molar-refractivity contribution is 5.97. The summed E-state index contributed by atoms with van der Waals surface area (Å²) in [7, 11) is 0. The van der Waals surface area contributed by atoms with E-state index in [1.165, 1.54) is 6.92 Å². The summed E-state index contributed by atoms with van der Waals surface area (Å²) in [4.78, 5) is 33.4. The van der Waals surface area contributed by atoms with Crippen molar-refractivity contribution in [2.24, 2.45) is 11.8 Å². The number of fused-ring (bicyclic) bond motifs is 1. The minimum Gasteiger partial charge on any atom is -0.457 e. The summed E-state index contributed by atoms with van der Waals surface area (Å²) in [6.07, 6.45) is 3.16. The molecule has 2 rings (SSSR count). The van der Waals surface area contributed by atoms with Gasteiger partial charge in [0, 0.05) is 6.92 Å². The monoisotopic (exact) mass is 210 g/mol. The summed E-state index contributed by atoms with van der Waals surface area (Å²) >= 11 is 0. The van der Waals surface area contributed by atoms with Crippen LogP contribution in [0.2, 0.25) is 0 Å². The molecule has 1 fully saturated rings. The average Bonchev–Trinajstić information content (AvgIpc) is 2.43. The smallest absolute Gasteiger partial charge is 0.321 e. The summed E-state index contributed by atoms with van der Waals surface area (Å²) < 4.78 is 9.46. The second-order valence-electron chi connectivity index (χ2n) is 3.61. The third-order valence-corrected chi connectivity index (χ3v) is 2.58. The third-order valence-electron chi connectivity index (χ3n) is 2.58. The van der Waals surface area contributed by atoms with Crippen LogP contribution in [-0.2, 0) is 23.9 Å². The summed E-state index contributed by atoms with van der Waals surface area (Å²) in [5.74, 6) is -2.75. The summed E-state index contributed by atoms with van der Waals surface area (Å²) in [6, 6.07) is 0. The van der Waals surface area contributed by atoms with Gasteiger partial charge in [0.1, 0.15) is 12.0 Å². The van der Waals surface area contributed by atoms with Crippen molar-refractivity contribution in [1.29, 1.82) is 0 Å². The van der Waals surface area contributed by atoms with Gasteiger partial charge in [0.15, 0.2) is 0 Å². The SMILES string of the molecule is CC(=O)O[C@H]1C=CC[C@H]2C(=O)OC(=O)[C@@H]12. The van der Waals surface area contributed by atoms with Gasteiger partial charge < -0.3 is 9.47 Å². The van der Waals surface area contributed by atoms with Gasteiger partial charge in [-0.2, -0.15) is 0 Å². The molecule has 0 radical (unpaired) electrons. The van der Waals surface area contributed by atoms with Gasteiger partial charge in [0.2, 0.25) is 0 Å². The van der Waals surface area contributed by atoms with Gasteiger partial charge in [-0.3, -0.25) is 14.4 Å². The molecule has 1 aliphatic carbocycles. The van der Waals surface area contributed by atoms with Gasteiger partial charge in [0.25, 0.3) is 0 Å². The summed E-state index contributed by atoms with van der Waals surface area (Å²) in [5.41, 5.74) is 0. The highest BCUT2D eigenvalue weighted by Crippen LogP contribution is 2.34. The zero-order chi connectivity index (χ0) is 11.0. The molecule has 0 N–H and O–H groups in total. The first-order valence-electron chi connectivity index (χ1n) is 4.69. The molecule has 0 spiro atoms. The van der Waals surface area contributed by atoms with Crippen molar-refractivity contribution in [3.8, 4) is 0 Å². The van der Waals surface area contributed by atoms with E-state index in [1.807, 2.05) is 0 Å². The molecule has 5 heteroatoms. The van der Waals surface area contributed by atoms with E-state index >= 15 is 0 Å². The molecule has 2 aliphatic rings. The maximum absolute atomic E-state index is 11.3. The Morgan fingerprint density at radius 2 is 2.20 bits per heavy atom. The highest BCUT2D eigenvalue weighted by atomic mass is 16.6. The lowest BCUT2D eigenvalue weighted by atomic mass is 9.83. The normalized spacial score (nSPS) is 33.5. The van der Waals surface area contributed by atoms with Crippen LogP contribution in [0.25, 0.3) is 0 Å². The summed E-state index contributed by atoms with van der Waals surface area (Å²) in [6.45, 7) is 1.26. The minimum absolute atomic E-state index is 0.465. The molecule has 5 nitrogen and oxygen atoms in total. The zero-order valence-corrected chi connectivity index (χ0v) is 8.14. The molecule has 0 aromatic heterocycles. The van der Waals surface area contributed by atoms with E-state index in [2.05, 4.69) is 4.74 Å². The van der Waals surface area contributed by atoms with E-state index in [0.717, 1.165) is 0 Å². The number of ether oxygens (including phenoxy) is 2. The Bertz CT molecular complexity index is 357. The number of cyclic esters (lactones) is 2. The number of carbonyl (C=O) groups excluding carboxylic acids is 3. The standard InChI is InChI=1S/C10H10O5/c1-5(11)14-7-4-2-3-6-8(7)10(13)15-9(6)12/h2,4,6-8H,3H2,1H3/t6-,7+,8-/m1/s1. The lowest BCUT2D eigenvalue weighted by molar-refractivity contribution is -0.155. The Kier molecular flexibility index (Phi) is 2.30. The molecule has 80 valence electrons. The topological polar surface area (TPSA) is 69.7 Å². The quantitative estimate of drug-likeness (QED) is 0.351. The van der Waals surface area contributed by atoms with Crippen LogP contribution in [0, 0.1) is 11.8 Å². The minimum atomic E-state index is -0.666. The number of rotatable bonds is 1. The predicted molar refractivity (Wildman–Crippen MR) is 47.4 cm³/mol. The molecule has 1 heterocycles. The fourth-order valence-corrected chi connectivity index (χ4v) is 1.94. The first-order valence-corrected chi connectivity index (χ1v) is 4.69. The first-order chi connectivity index (χ1) is 7.09. The lowest BCUT2D eigenvalue weighted by Crippen LogP contribution is -2.34. The Balaban J connectivity index is 2.22. The van der Waals surface area contributed by atoms with Crippen LogP contribution in [0.4, 0.5) is 0 Å². The van der Waals surface area contributed by atoms with Gasteiger partial charge in [-0.1, -0.05) is 6.08 Å². The molecule has 0 unspecified atom stereocenters. The number of hydrogen-bond donors (Lipinski definition) is 0. The maximum Gasteiger partial charge on any atom is 0.321 e. The number of hydrogen-bond acceptors (Lipinski definition) is 5. The van der Waals surface area contributed by atoms with Crippen LogP contribution < -0.4 is 0 Å². The van der Waals surface area contributed by atoms with Crippen LogP contribution in [0.15, 0.2) is 12.2 Å². The summed E-state index contributed by atoms with van der Waals surface area (Å²) in [5, 5.41) is 0. The van der Waals surface area contributed by atoms with Crippen LogP contribution in [-0.4, -0.2) is 24.0 Å². The van der Waals surface area contributed by atoms with Gasteiger partial charge in [-0.15, -0.1) is 0 Å². The maximum atomic E-state index is 11.3. The Morgan fingerprint density at radius 1 is 1.47 bits per heavy atom. The molecule has 0 bridgehead atoms. The average molecular weight is 210 g/mol. The fourth-order valence-electron chi connectivity index (χ4n) is 1.94. The molecule has 3 atom stereocenters. The van der Waals surface area contributed by atoms with Gasteiger partial charge in [-0.05, 0) is 12.5 Å². The number of esters is 3. The van der Waals surface area contributed by atoms with Gasteiger partial charge in [0.05, 0.1) is 5.92 Å². The van der Waals surface area contributed by atoms with Crippen molar-refractivity contribution < 1.29 is 23.9 Å². The molecule has 0 amide bonds. The molecule has 0 aromatic carbocycles. The van der Waals surface area contributed by atoms with Gasteiger partial charge in [-0.25, -0.2) is 0 Å². The van der Waals surface area contributed by atoms with Crippen molar-refractivity contribution in [2.45, 2.75) is 19.4 Å². The Morgan fingerprint density at radius 3 is 2.87 bits per heavy atom. The third kappa shape index (κ3) is 1.65. The molecule has 1 aliphatic heterocycles. The van der Waals surface area contributed by atoms with E-state index in [0.29, 0.717) is 6.42 Å². The first kappa shape index (κ1) is 9.89. The van der Waals surface area contributed by atoms with E-state index in [-0.39, 0.29) is 0 Å². The molecular weight excluding hydrogens is 200 g/mol. The lowest BCUT2D eigenvalue weighted by Gasteiger charge is -2.23.